The first-order valence-electron chi connectivity index (χ1n) is 4.69. The van der Waals surface area contributed by atoms with Gasteiger partial charge in [0.05, 0.1) is 11.8 Å². The van der Waals surface area contributed by atoms with Gasteiger partial charge >= 0.3 is 6.09 Å². The average Bonchev–Trinajstić information content (AvgIpc) is 2.46. The standard InChI is InChI=1S/C9H15N3O3/c1-5(2)12-7(6(3)13)4-8(11-12)10-9(14)15/h4-6,13H,1-3H3,(H,10,11)(H,14,15). The van der Waals surface area contributed by atoms with E-state index in [1.54, 1.807) is 11.6 Å². The highest BCUT2D eigenvalue weighted by Gasteiger charge is 2.15. The zero-order chi connectivity index (χ0) is 11.6. The van der Waals surface area contributed by atoms with Crippen molar-refractivity contribution in [2.45, 2.75) is 32.9 Å². The number of aliphatic hydroxyl groups excluding tert-OH is 1. The molecule has 3 N–H and O–H groups in total. The number of nitrogens with zero attached hydrogens (tertiary/aromatic N) is 2. The summed E-state index contributed by atoms with van der Waals surface area (Å²) in [5, 5.41) is 24.2. The highest BCUT2D eigenvalue weighted by molar-refractivity contribution is 5.81. The van der Waals surface area contributed by atoms with Crippen molar-refractivity contribution < 1.29 is 15.0 Å². The normalized spacial score (nSPS) is 12.9. The van der Waals surface area contributed by atoms with E-state index in [1.807, 2.05) is 13.8 Å². The minimum atomic E-state index is -1.17. The Labute approximate surface area is 87.5 Å². The zero-order valence-corrected chi connectivity index (χ0v) is 8.93. The Morgan fingerprint density at radius 3 is 2.47 bits per heavy atom. The molecule has 0 radical (unpaired) electrons. The van der Waals surface area contributed by atoms with Crippen molar-refractivity contribution in [2.24, 2.45) is 0 Å². The summed E-state index contributed by atoms with van der Waals surface area (Å²) in [6.07, 6.45) is -1.84. The zero-order valence-electron chi connectivity index (χ0n) is 8.93. The topological polar surface area (TPSA) is 87.4 Å². The maximum absolute atomic E-state index is 10.4. The maximum atomic E-state index is 10.4. The number of carboxylic acid groups (broad SMARTS) is 1. The van der Waals surface area contributed by atoms with Gasteiger partial charge in [-0.3, -0.25) is 10.00 Å². The minimum Gasteiger partial charge on any atom is -0.465 e. The van der Waals surface area contributed by atoms with E-state index >= 15 is 0 Å². The smallest absolute Gasteiger partial charge is 0.410 e. The van der Waals surface area contributed by atoms with Crippen LogP contribution in [0.5, 0.6) is 0 Å². The Bertz CT molecular complexity index is 332. The number of rotatable bonds is 3. The molecule has 1 aromatic heterocycles. The summed E-state index contributed by atoms with van der Waals surface area (Å²) >= 11 is 0. The lowest BCUT2D eigenvalue weighted by atomic mass is 10.2. The maximum Gasteiger partial charge on any atom is 0.410 e. The van der Waals surface area contributed by atoms with Crippen molar-refractivity contribution >= 4 is 11.9 Å². The van der Waals surface area contributed by atoms with Gasteiger partial charge in [-0.15, -0.1) is 0 Å². The molecule has 1 atom stereocenters. The molecule has 0 aliphatic carbocycles. The Kier molecular flexibility index (Phi) is 3.31. The van der Waals surface area contributed by atoms with Crippen LogP contribution in [0.25, 0.3) is 0 Å². The summed E-state index contributed by atoms with van der Waals surface area (Å²) in [7, 11) is 0. The first kappa shape index (κ1) is 11.5. The van der Waals surface area contributed by atoms with Gasteiger partial charge in [-0.2, -0.15) is 5.10 Å². The van der Waals surface area contributed by atoms with Gasteiger partial charge in [0, 0.05) is 12.1 Å². The number of amides is 1. The fraction of sp³-hybridized carbons (Fsp3) is 0.556. The summed E-state index contributed by atoms with van der Waals surface area (Å²) in [5.74, 6) is 0.229. The van der Waals surface area contributed by atoms with Gasteiger partial charge in [-0.05, 0) is 20.8 Å². The van der Waals surface area contributed by atoms with Gasteiger partial charge in [0.2, 0.25) is 0 Å². The van der Waals surface area contributed by atoms with Gasteiger partial charge < -0.3 is 10.2 Å². The highest BCUT2D eigenvalue weighted by atomic mass is 16.4. The molecule has 1 amide bonds. The quantitative estimate of drug-likeness (QED) is 0.711. The molecule has 1 unspecified atom stereocenters. The Hall–Kier alpha value is -1.56. The van der Waals surface area contributed by atoms with E-state index in [0.717, 1.165) is 0 Å². The molecule has 0 saturated carbocycles. The molecule has 0 aliphatic heterocycles. The molecular formula is C9H15N3O3. The highest BCUT2D eigenvalue weighted by Crippen LogP contribution is 2.20. The summed E-state index contributed by atoms with van der Waals surface area (Å²) in [6, 6.07) is 1.60. The van der Waals surface area contributed by atoms with Crippen LogP contribution < -0.4 is 5.32 Å². The predicted molar refractivity (Wildman–Crippen MR) is 54.9 cm³/mol. The third-order valence-electron chi connectivity index (χ3n) is 1.92. The number of carbonyl (C=O) groups is 1. The van der Waals surface area contributed by atoms with Crippen LogP contribution in [0.2, 0.25) is 0 Å². The fourth-order valence-electron chi connectivity index (χ4n) is 1.31. The fourth-order valence-corrected chi connectivity index (χ4v) is 1.31. The number of aliphatic hydroxyl groups is 1. The molecule has 0 fully saturated rings. The molecule has 0 spiro atoms. The van der Waals surface area contributed by atoms with Gasteiger partial charge in [0.1, 0.15) is 0 Å². The number of hydrogen-bond donors (Lipinski definition) is 3. The Balaban J connectivity index is 3.03. The lowest BCUT2D eigenvalue weighted by molar-refractivity contribution is 0.184. The van der Waals surface area contributed by atoms with Crippen molar-refractivity contribution in [1.29, 1.82) is 0 Å². The van der Waals surface area contributed by atoms with Crippen LogP contribution in [0.3, 0.4) is 0 Å². The molecule has 0 saturated heterocycles. The molecule has 1 aromatic rings. The molecule has 0 bridgehead atoms. The lowest BCUT2D eigenvalue weighted by Crippen LogP contribution is -2.11. The number of nitrogens with one attached hydrogen (secondary N) is 1. The summed E-state index contributed by atoms with van der Waals surface area (Å²) in [5.41, 5.74) is 0.591. The van der Waals surface area contributed by atoms with E-state index in [1.165, 1.54) is 6.07 Å². The third kappa shape index (κ3) is 2.69. The van der Waals surface area contributed by atoms with Crippen LogP contribution in [0.1, 0.15) is 38.6 Å². The van der Waals surface area contributed by atoms with Crippen LogP contribution in [-0.4, -0.2) is 26.1 Å². The van der Waals surface area contributed by atoms with Gasteiger partial charge in [0.25, 0.3) is 0 Å². The van der Waals surface area contributed by atoms with Gasteiger partial charge in [0.15, 0.2) is 5.82 Å². The van der Waals surface area contributed by atoms with Crippen molar-refractivity contribution in [3.05, 3.63) is 11.8 Å². The summed E-state index contributed by atoms with van der Waals surface area (Å²) < 4.78 is 1.59. The van der Waals surface area contributed by atoms with Crippen molar-refractivity contribution in [3.63, 3.8) is 0 Å². The number of aromatic nitrogens is 2. The van der Waals surface area contributed by atoms with E-state index in [2.05, 4.69) is 10.4 Å². The average molecular weight is 213 g/mol. The van der Waals surface area contributed by atoms with E-state index in [4.69, 9.17) is 5.11 Å². The molecule has 6 nitrogen and oxygen atoms in total. The van der Waals surface area contributed by atoms with Crippen LogP contribution >= 0.6 is 0 Å². The van der Waals surface area contributed by atoms with E-state index in [0.29, 0.717) is 5.69 Å². The summed E-state index contributed by atoms with van der Waals surface area (Å²) in [4.78, 5) is 10.4. The monoisotopic (exact) mass is 213 g/mol. The first-order chi connectivity index (χ1) is 6.91. The molecular weight excluding hydrogens is 198 g/mol. The van der Waals surface area contributed by atoms with Crippen LogP contribution in [0.4, 0.5) is 10.6 Å². The molecule has 15 heavy (non-hydrogen) atoms. The second kappa shape index (κ2) is 4.31. The van der Waals surface area contributed by atoms with Gasteiger partial charge in [-0.25, -0.2) is 4.79 Å². The minimum absolute atomic E-state index is 0.0685. The van der Waals surface area contributed by atoms with E-state index in [-0.39, 0.29) is 11.9 Å². The van der Waals surface area contributed by atoms with Crippen molar-refractivity contribution in [1.82, 2.24) is 9.78 Å². The molecule has 6 heteroatoms. The SMILES string of the molecule is CC(O)c1cc(NC(=O)O)nn1C(C)C. The van der Waals surface area contributed by atoms with Crippen LogP contribution in [-0.2, 0) is 0 Å². The van der Waals surface area contributed by atoms with E-state index < -0.39 is 12.2 Å². The Morgan fingerprint density at radius 1 is 1.53 bits per heavy atom. The van der Waals surface area contributed by atoms with Crippen LogP contribution in [0, 0.1) is 0 Å². The predicted octanol–water partition coefficient (Wildman–Crippen LogP) is 1.61. The van der Waals surface area contributed by atoms with Gasteiger partial charge in [-0.1, -0.05) is 0 Å². The third-order valence-corrected chi connectivity index (χ3v) is 1.92. The van der Waals surface area contributed by atoms with E-state index in [9.17, 15) is 9.90 Å². The molecule has 0 aliphatic rings. The molecule has 1 heterocycles. The van der Waals surface area contributed by atoms with Crippen molar-refractivity contribution in [2.75, 3.05) is 5.32 Å². The van der Waals surface area contributed by atoms with Crippen LogP contribution in [0.15, 0.2) is 6.07 Å². The second-order valence-electron chi connectivity index (χ2n) is 3.60. The Morgan fingerprint density at radius 2 is 2.13 bits per heavy atom. The molecule has 0 aromatic carbocycles. The lowest BCUT2D eigenvalue weighted by Gasteiger charge is -2.11. The number of hydrogen-bond acceptors (Lipinski definition) is 3. The second-order valence-corrected chi connectivity index (χ2v) is 3.60. The largest absolute Gasteiger partial charge is 0.465 e. The first-order valence-corrected chi connectivity index (χ1v) is 4.69. The molecule has 84 valence electrons. The number of anilines is 1. The molecule has 1 rings (SSSR count). The summed E-state index contributed by atoms with van der Waals surface area (Å²) in [6.45, 7) is 5.42. The van der Waals surface area contributed by atoms with Crippen molar-refractivity contribution in [3.8, 4) is 0 Å².